The lowest BCUT2D eigenvalue weighted by Crippen LogP contribution is -2.30. The minimum Gasteiger partial charge on any atom is -0.489 e. The summed E-state index contributed by atoms with van der Waals surface area (Å²) in [6, 6.07) is 26.8. The first-order valence-electron chi connectivity index (χ1n) is 12.0. The summed E-state index contributed by atoms with van der Waals surface area (Å²) in [6.07, 6.45) is 1.16. The molecule has 0 unspecified atom stereocenters. The van der Waals surface area contributed by atoms with Gasteiger partial charge in [0.1, 0.15) is 12.4 Å². The lowest BCUT2D eigenvalue weighted by Gasteiger charge is -2.22. The van der Waals surface area contributed by atoms with Crippen LogP contribution in [-0.4, -0.2) is 48.4 Å². The number of carbonyl (C=O) groups is 1. The maximum Gasteiger partial charge on any atom is 0.238 e. The Labute approximate surface area is 202 Å². The molecule has 0 saturated carbocycles. The number of nitrogens with two attached hydrogens (primary N) is 1. The van der Waals surface area contributed by atoms with Gasteiger partial charge in [0.2, 0.25) is 5.91 Å². The zero-order valence-electron chi connectivity index (χ0n) is 19.7. The van der Waals surface area contributed by atoms with Crippen LogP contribution < -0.4 is 15.8 Å². The van der Waals surface area contributed by atoms with Crippen LogP contribution in [0.3, 0.4) is 0 Å². The van der Waals surface area contributed by atoms with E-state index in [4.69, 9.17) is 10.5 Å². The maximum absolute atomic E-state index is 11.4. The lowest BCUT2D eigenvalue weighted by atomic mass is 10.2. The van der Waals surface area contributed by atoms with Crippen LogP contribution in [-0.2, 0) is 24.5 Å². The van der Waals surface area contributed by atoms with Gasteiger partial charge in [-0.3, -0.25) is 14.6 Å². The van der Waals surface area contributed by atoms with Crippen molar-refractivity contribution in [3.8, 4) is 5.75 Å². The van der Waals surface area contributed by atoms with Gasteiger partial charge in [-0.05, 0) is 60.5 Å². The molecule has 0 spiro atoms. The highest BCUT2D eigenvalue weighted by Gasteiger charge is 2.15. The van der Waals surface area contributed by atoms with Gasteiger partial charge >= 0.3 is 0 Å². The molecule has 1 heterocycles. The van der Waals surface area contributed by atoms with Crippen LogP contribution >= 0.6 is 0 Å². The minimum atomic E-state index is -0.172. The van der Waals surface area contributed by atoms with Gasteiger partial charge in [0, 0.05) is 31.9 Å². The fourth-order valence-corrected chi connectivity index (χ4v) is 4.19. The van der Waals surface area contributed by atoms with E-state index >= 15 is 0 Å². The second-order valence-electron chi connectivity index (χ2n) is 8.77. The first kappa shape index (κ1) is 24.0. The molecular weight excluding hydrogens is 424 g/mol. The van der Waals surface area contributed by atoms with E-state index < -0.39 is 0 Å². The monoisotopic (exact) mass is 458 g/mol. The molecule has 0 aromatic heterocycles. The highest BCUT2D eigenvalue weighted by Crippen LogP contribution is 2.17. The first-order valence-corrected chi connectivity index (χ1v) is 12.0. The Morgan fingerprint density at radius 1 is 0.765 bits per heavy atom. The summed E-state index contributed by atoms with van der Waals surface area (Å²) in [7, 11) is 0. The van der Waals surface area contributed by atoms with Crippen LogP contribution in [0.25, 0.3) is 0 Å². The van der Waals surface area contributed by atoms with Crippen LogP contribution in [0, 0.1) is 0 Å². The van der Waals surface area contributed by atoms with Crippen molar-refractivity contribution < 1.29 is 9.53 Å². The highest BCUT2D eigenvalue weighted by atomic mass is 16.5. The van der Waals surface area contributed by atoms with Gasteiger partial charge < -0.3 is 15.8 Å². The molecule has 1 fully saturated rings. The van der Waals surface area contributed by atoms with Crippen molar-refractivity contribution >= 4 is 11.6 Å². The average Bonchev–Trinajstić information content (AvgIpc) is 3.10. The van der Waals surface area contributed by atoms with Crippen molar-refractivity contribution in [3.05, 3.63) is 95.6 Å². The van der Waals surface area contributed by atoms with Gasteiger partial charge in [-0.1, -0.05) is 54.6 Å². The van der Waals surface area contributed by atoms with E-state index in [2.05, 4.69) is 63.6 Å². The van der Waals surface area contributed by atoms with E-state index in [1.807, 2.05) is 30.3 Å². The normalized spacial score (nSPS) is 15.0. The highest BCUT2D eigenvalue weighted by molar-refractivity contribution is 5.92. The lowest BCUT2D eigenvalue weighted by molar-refractivity contribution is -0.114. The van der Waals surface area contributed by atoms with Crippen molar-refractivity contribution in [2.75, 3.05) is 38.0 Å². The summed E-state index contributed by atoms with van der Waals surface area (Å²) in [5, 5.41) is 2.79. The molecule has 1 aliphatic rings. The molecule has 6 heteroatoms. The molecule has 178 valence electrons. The van der Waals surface area contributed by atoms with E-state index in [0.717, 1.165) is 57.1 Å². The number of amides is 1. The molecule has 1 saturated heterocycles. The molecule has 3 N–H and O–H groups in total. The molecule has 3 aromatic carbocycles. The molecule has 1 aliphatic heterocycles. The number of carbonyl (C=O) groups excluding carboxylic acids is 1. The summed E-state index contributed by atoms with van der Waals surface area (Å²) >= 11 is 0. The predicted molar refractivity (Wildman–Crippen MR) is 137 cm³/mol. The third-order valence-corrected chi connectivity index (χ3v) is 6.09. The molecule has 1 amide bonds. The van der Waals surface area contributed by atoms with Gasteiger partial charge in [-0.2, -0.15) is 0 Å². The van der Waals surface area contributed by atoms with Crippen molar-refractivity contribution in [2.24, 2.45) is 5.73 Å². The second kappa shape index (κ2) is 12.3. The number of rotatable bonds is 9. The quantitative estimate of drug-likeness (QED) is 0.509. The van der Waals surface area contributed by atoms with Gasteiger partial charge in [-0.15, -0.1) is 0 Å². The van der Waals surface area contributed by atoms with Crippen LogP contribution in [0.1, 0.15) is 23.1 Å². The Hall–Kier alpha value is -3.19. The molecule has 34 heavy (non-hydrogen) atoms. The van der Waals surface area contributed by atoms with Crippen molar-refractivity contribution in [2.45, 2.75) is 26.1 Å². The largest absolute Gasteiger partial charge is 0.489 e. The maximum atomic E-state index is 11.4. The summed E-state index contributed by atoms with van der Waals surface area (Å²) < 4.78 is 5.91. The van der Waals surface area contributed by atoms with Crippen molar-refractivity contribution in [1.29, 1.82) is 0 Å². The second-order valence-corrected chi connectivity index (χ2v) is 8.77. The van der Waals surface area contributed by atoms with E-state index in [-0.39, 0.29) is 12.5 Å². The Balaban J connectivity index is 1.22. The molecule has 0 radical (unpaired) electrons. The zero-order chi connectivity index (χ0) is 23.6. The van der Waals surface area contributed by atoms with Gasteiger partial charge in [-0.25, -0.2) is 0 Å². The van der Waals surface area contributed by atoms with Crippen molar-refractivity contribution in [1.82, 2.24) is 9.80 Å². The summed E-state index contributed by atoms with van der Waals surface area (Å²) in [5.41, 5.74) is 9.89. The van der Waals surface area contributed by atoms with E-state index in [1.54, 1.807) is 0 Å². The Bertz CT molecular complexity index is 1020. The standard InChI is InChI=1S/C28H34N4O2/c29-19-28(33)30-26-11-7-23(8-12-26)20-31-15-4-16-32(18-17-31)21-24-9-13-27(14-10-24)34-22-25-5-2-1-3-6-25/h1-3,5-14H,4,15-22,29H2,(H,30,33). The van der Waals surface area contributed by atoms with Crippen LogP contribution in [0.4, 0.5) is 5.69 Å². The Kier molecular flexibility index (Phi) is 8.68. The predicted octanol–water partition coefficient (Wildman–Crippen LogP) is 3.87. The third-order valence-electron chi connectivity index (χ3n) is 6.09. The van der Waals surface area contributed by atoms with Gasteiger partial charge in [0.15, 0.2) is 0 Å². The molecule has 0 bridgehead atoms. The SMILES string of the molecule is NCC(=O)Nc1ccc(CN2CCCN(Cc3ccc(OCc4ccccc4)cc3)CC2)cc1. The van der Waals surface area contributed by atoms with Crippen LogP contribution in [0.5, 0.6) is 5.75 Å². The number of nitrogens with zero attached hydrogens (tertiary/aromatic N) is 2. The number of anilines is 1. The Morgan fingerprint density at radius 2 is 1.35 bits per heavy atom. The van der Waals surface area contributed by atoms with E-state index in [1.165, 1.54) is 16.7 Å². The summed E-state index contributed by atoms with van der Waals surface area (Å²) in [4.78, 5) is 16.5. The smallest absolute Gasteiger partial charge is 0.238 e. The van der Waals surface area contributed by atoms with Gasteiger partial charge in [0.25, 0.3) is 0 Å². The molecule has 0 aliphatic carbocycles. The first-order chi connectivity index (χ1) is 16.7. The van der Waals surface area contributed by atoms with Crippen LogP contribution in [0.2, 0.25) is 0 Å². The molecule has 0 atom stereocenters. The average molecular weight is 459 g/mol. The molecule has 4 rings (SSSR count). The van der Waals surface area contributed by atoms with Gasteiger partial charge in [0.05, 0.1) is 6.54 Å². The van der Waals surface area contributed by atoms with Crippen molar-refractivity contribution in [3.63, 3.8) is 0 Å². The topological polar surface area (TPSA) is 70.8 Å². The number of nitrogens with one attached hydrogen (secondary N) is 1. The number of hydrogen-bond acceptors (Lipinski definition) is 5. The summed E-state index contributed by atoms with van der Waals surface area (Å²) in [5.74, 6) is 0.734. The summed E-state index contributed by atoms with van der Waals surface area (Å²) in [6.45, 7) is 6.77. The number of benzene rings is 3. The Morgan fingerprint density at radius 3 is 1.94 bits per heavy atom. The van der Waals surface area contributed by atoms with E-state index in [9.17, 15) is 4.79 Å². The molecule has 6 nitrogen and oxygen atoms in total. The fraction of sp³-hybridized carbons (Fsp3) is 0.321. The van der Waals surface area contributed by atoms with Crippen LogP contribution in [0.15, 0.2) is 78.9 Å². The number of ether oxygens (including phenoxy) is 1. The third kappa shape index (κ3) is 7.42. The fourth-order valence-electron chi connectivity index (χ4n) is 4.19. The number of hydrogen-bond donors (Lipinski definition) is 2. The zero-order valence-corrected chi connectivity index (χ0v) is 19.7. The molecular formula is C28H34N4O2. The molecule has 3 aromatic rings. The van der Waals surface area contributed by atoms with E-state index in [0.29, 0.717) is 6.61 Å². The minimum absolute atomic E-state index is 0.00178.